The first-order chi connectivity index (χ1) is 9.02. The normalized spacial score (nSPS) is 26.3. The summed E-state index contributed by atoms with van der Waals surface area (Å²) in [4.78, 5) is 25.5. The Morgan fingerprint density at radius 2 is 2.05 bits per heavy atom. The van der Waals surface area contributed by atoms with Crippen molar-refractivity contribution in [1.82, 2.24) is 9.80 Å². The van der Waals surface area contributed by atoms with Crippen molar-refractivity contribution < 1.29 is 24.5 Å². The summed E-state index contributed by atoms with van der Waals surface area (Å²) in [5, 5.41) is 18.8. The first-order valence-corrected chi connectivity index (χ1v) is 6.62. The van der Waals surface area contributed by atoms with Gasteiger partial charge in [0, 0.05) is 25.0 Å². The van der Waals surface area contributed by atoms with Gasteiger partial charge in [-0.3, -0.25) is 0 Å². The molecular formula is C12H20N2O5. The Morgan fingerprint density at radius 1 is 1.37 bits per heavy atom. The maximum absolute atomic E-state index is 11.8. The minimum absolute atomic E-state index is 0.112. The molecule has 1 saturated heterocycles. The Hall–Kier alpha value is -1.50. The third-order valence-electron chi connectivity index (χ3n) is 3.60. The van der Waals surface area contributed by atoms with Gasteiger partial charge in [0.05, 0.1) is 19.3 Å². The quantitative estimate of drug-likeness (QED) is 0.781. The van der Waals surface area contributed by atoms with Crippen molar-refractivity contribution in [3.63, 3.8) is 0 Å². The highest BCUT2D eigenvalue weighted by molar-refractivity contribution is 5.68. The van der Waals surface area contributed by atoms with E-state index >= 15 is 0 Å². The highest BCUT2D eigenvalue weighted by atomic mass is 16.6. The van der Waals surface area contributed by atoms with Crippen LogP contribution in [-0.2, 0) is 4.74 Å². The van der Waals surface area contributed by atoms with Crippen LogP contribution >= 0.6 is 0 Å². The fourth-order valence-electron chi connectivity index (χ4n) is 2.41. The molecule has 108 valence electrons. The molecule has 0 spiro atoms. The van der Waals surface area contributed by atoms with Crippen molar-refractivity contribution in [3.05, 3.63) is 0 Å². The van der Waals surface area contributed by atoms with Crippen LogP contribution in [0.3, 0.4) is 0 Å². The molecule has 0 aromatic heterocycles. The zero-order chi connectivity index (χ0) is 14.0. The molecule has 7 heteroatoms. The summed E-state index contributed by atoms with van der Waals surface area (Å²) in [5.41, 5.74) is 0. The van der Waals surface area contributed by atoms with Crippen molar-refractivity contribution in [2.24, 2.45) is 5.92 Å². The van der Waals surface area contributed by atoms with Crippen LogP contribution in [0.5, 0.6) is 0 Å². The SMILES string of the molecule is CCOC(=O)N(C[C@H]1CN(C(=O)O)C[C@@H]1O)C1CC1. The van der Waals surface area contributed by atoms with E-state index in [0.717, 1.165) is 12.8 Å². The number of carbonyl (C=O) groups excluding carboxylic acids is 1. The lowest BCUT2D eigenvalue weighted by molar-refractivity contribution is 0.0795. The predicted molar refractivity (Wildman–Crippen MR) is 65.8 cm³/mol. The van der Waals surface area contributed by atoms with E-state index in [2.05, 4.69) is 0 Å². The Kier molecular flexibility index (Phi) is 4.14. The van der Waals surface area contributed by atoms with Crippen LogP contribution in [0.2, 0.25) is 0 Å². The van der Waals surface area contributed by atoms with E-state index < -0.39 is 12.2 Å². The number of likely N-dealkylation sites (tertiary alicyclic amines) is 1. The number of nitrogens with zero attached hydrogens (tertiary/aromatic N) is 2. The molecule has 0 aromatic rings. The number of carbonyl (C=O) groups is 2. The topological polar surface area (TPSA) is 90.3 Å². The van der Waals surface area contributed by atoms with Gasteiger partial charge in [-0.05, 0) is 19.8 Å². The molecule has 1 heterocycles. The van der Waals surface area contributed by atoms with Crippen LogP contribution in [0.25, 0.3) is 0 Å². The molecule has 1 aliphatic carbocycles. The number of carboxylic acid groups (broad SMARTS) is 1. The molecule has 2 aliphatic rings. The molecule has 1 saturated carbocycles. The number of β-amino-alcohol motifs (C(OH)–C–C–N with tert-alkyl or cyclic N) is 1. The highest BCUT2D eigenvalue weighted by Gasteiger charge is 2.40. The third-order valence-corrected chi connectivity index (χ3v) is 3.60. The second-order valence-electron chi connectivity index (χ2n) is 5.10. The van der Waals surface area contributed by atoms with Crippen LogP contribution < -0.4 is 0 Å². The zero-order valence-corrected chi connectivity index (χ0v) is 11.0. The molecule has 2 N–H and O–H groups in total. The second kappa shape index (κ2) is 5.64. The number of hydrogen-bond acceptors (Lipinski definition) is 4. The standard InChI is InChI=1S/C12H20N2O5/c1-2-19-12(18)14(9-3-4-9)6-8-5-13(11(16)17)7-10(8)15/h8-10,15H,2-7H2,1H3,(H,16,17)/t8-,10+/m1/s1. The molecule has 0 bridgehead atoms. The average Bonchev–Trinajstić information content (AvgIpc) is 3.11. The Bertz CT molecular complexity index is 358. The van der Waals surface area contributed by atoms with Gasteiger partial charge in [0.1, 0.15) is 0 Å². The number of aliphatic hydroxyl groups excluding tert-OH is 1. The van der Waals surface area contributed by atoms with Crippen LogP contribution in [0.4, 0.5) is 9.59 Å². The molecule has 1 aliphatic heterocycles. The van der Waals surface area contributed by atoms with Crippen LogP contribution in [0.1, 0.15) is 19.8 Å². The molecule has 7 nitrogen and oxygen atoms in total. The number of ether oxygens (including phenoxy) is 1. The van der Waals surface area contributed by atoms with E-state index in [1.807, 2.05) is 0 Å². The molecule has 0 aromatic carbocycles. The largest absolute Gasteiger partial charge is 0.465 e. The lowest BCUT2D eigenvalue weighted by Gasteiger charge is -2.25. The number of amides is 2. The monoisotopic (exact) mass is 272 g/mol. The molecule has 0 unspecified atom stereocenters. The van der Waals surface area contributed by atoms with E-state index in [0.29, 0.717) is 13.2 Å². The van der Waals surface area contributed by atoms with Crippen molar-refractivity contribution in [3.8, 4) is 0 Å². The molecule has 2 atom stereocenters. The summed E-state index contributed by atoms with van der Waals surface area (Å²) in [6.07, 6.45) is -0.220. The van der Waals surface area contributed by atoms with E-state index in [4.69, 9.17) is 9.84 Å². The number of rotatable bonds is 4. The zero-order valence-electron chi connectivity index (χ0n) is 11.0. The van der Waals surface area contributed by atoms with E-state index in [-0.39, 0.29) is 31.1 Å². The number of hydrogen-bond donors (Lipinski definition) is 2. The van der Waals surface area contributed by atoms with Gasteiger partial charge in [-0.15, -0.1) is 0 Å². The first kappa shape index (κ1) is 13.9. The van der Waals surface area contributed by atoms with Gasteiger partial charge in [-0.2, -0.15) is 0 Å². The summed E-state index contributed by atoms with van der Waals surface area (Å²) in [5.74, 6) is -0.235. The Labute approximate surface area is 111 Å². The third kappa shape index (κ3) is 3.28. The van der Waals surface area contributed by atoms with E-state index in [1.165, 1.54) is 4.90 Å². The van der Waals surface area contributed by atoms with Crippen molar-refractivity contribution >= 4 is 12.2 Å². The van der Waals surface area contributed by atoms with Crippen molar-refractivity contribution in [2.45, 2.75) is 31.9 Å². The molecular weight excluding hydrogens is 252 g/mol. The summed E-state index contributed by atoms with van der Waals surface area (Å²) in [6.45, 7) is 2.80. The van der Waals surface area contributed by atoms with Crippen LogP contribution in [0, 0.1) is 5.92 Å². The number of aliphatic hydroxyl groups is 1. The van der Waals surface area contributed by atoms with E-state index in [1.54, 1.807) is 11.8 Å². The Morgan fingerprint density at radius 3 is 2.53 bits per heavy atom. The first-order valence-electron chi connectivity index (χ1n) is 6.62. The van der Waals surface area contributed by atoms with Crippen LogP contribution in [0.15, 0.2) is 0 Å². The average molecular weight is 272 g/mol. The van der Waals surface area contributed by atoms with Gasteiger partial charge < -0.3 is 24.7 Å². The summed E-state index contributed by atoms with van der Waals surface area (Å²) < 4.78 is 5.00. The predicted octanol–water partition coefficient (Wildman–Crippen LogP) is 0.578. The molecule has 19 heavy (non-hydrogen) atoms. The fourth-order valence-corrected chi connectivity index (χ4v) is 2.41. The minimum Gasteiger partial charge on any atom is -0.465 e. The van der Waals surface area contributed by atoms with Gasteiger partial charge in [0.2, 0.25) is 0 Å². The van der Waals surface area contributed by atoms with Gasteiger partial charge in [0.15, 0.2) is 0 Å². The Balaban J connectivity index is 1.94. The lowest BCUT2D eigenvalue weighted by Crippen LogP contribution is -2.40. The van der Waals surface area contributed by atoms with Gasteiger partial charge >= 0.3 is 12.2 Å². The van der Waals surface area contributed by atoms with Gasteiger partial charge in [0.25, 0.3) is 0 Å². The van der Waals surface area contributed by atoms with Crippen molar-refractivity contribution in [2.75, 3.05) is 26.2 Å². The lowest BCUT2D eigenvalue weighted by atomic mass is 10.1. The molecule has 0 radical (unpaired) electrons. The minimum atomic E-state index is -1.03. The molecule has 2 rings (SSSR count). The summed E-state index contributed by atoms with van der Waals surface area (Å²) >= 11 is 0. The van der Waals surface area contributed by atoms with Gasteiger partial charge in [-0.1, -0.05) is 0 Å². The van der Waals surface area contributed by atoms with E-state index in [9.17, 15) is 14.7 Å². The second-order valence-corrected chi connectivity index (χ2v) is 5.10. The van der Waals surface area contributed by atoms with Gasteiger partial charge in [-0.25, -0.2) is 9.59 Å². The maximum Gasteiger partial charge on any atom is 0.410 e. The summed E-state index contributed by atoms with van der Waals surface area (Å²) in [6, 6.07) is 0.185. The fraction of sp³-hybridized carbons (Fsp3) is 0.833. The molecule has 2 amide bonds. The van der Waals surface area contributed by atoms with Crippen LogP contribution in [-0.4, -0.2) is 70.6 Å². The maximum atomic E-state index is 11.8. The smallest absolute Gasteiger partial charge is 0.410 e. The van der Waals surface area contributed by atoms with Crippen molar-refractivity contribution in [1.29, 1.82) is 0 Å². The highest BCUT2D eigenvalue weighted by Crippen LogP contribution is 2.30. The summed E-state index contributed by atoms with van der Waals surface area (Å²) in [7, 11) is 0. The molecule has 2 fully saturated rings.